The molecule has 4 aromatic rings. The van der Waals surface area contributed by atoms with Crippen molar-refractivity contribution in [1.82, 2.24) is 19.5 Å². The van der Waals surface area contributed by atoms with Crippen LogP contribution in [0.2, 0.25) is 0 Å². The Morgan fingerprint density at radius 3 is 3.05 bits per heavy atom. The van der Waals surface area contributed by atoms with E-state index in [0.29, 0.717) is 11.7 Å². The van der Waals surface area contributed by atoms with E-state index in [0.717, 1.165) is 16.8 Å². The highest BCUT2D eigenvalue weighted by Gasteiger charge is 2.14. The molecule has 0 amide bonds. The molecule has 19 heavy (non-hydrogen) atoms. The lowest BCUT2D eigenvalue weighted by Gasteiger charge is -1.97. The van der Waals surface area contributed by atoms with Crippen LogP contribution in [-0.2, 0) is 0 Å². The molecule has 0 radical (unpaired) electrons. The molecule has 0 unspecified atom stereocenters. The van der Waals surface area contributed by atoms with Crippen molar-refractivity contribution < 1.29 is 8.94 Å². The molecule has 0 fully saturated rings. The van der Waals surface area contributed by atoms with Gasteiger partial charge in [-0.25, -0.2) is 4.98 Å². The highest BCUT2D eigenvalue weighted by atomic mass is 16.5. The Balaban J connectivity index is 1.87. The van der Waals surface area contributed by atoms with E-state index in [9.17, 15) is 0 Å². The normalized spacial score (nSPS) is 11.2. The second-order valence-corrected chi connectivity index (χ2v) is 4.02. The van der Waals surface area contributed by atoms with Crippen LogP contribution < -0.4 is 0 Å². The molecule has 0 atom stereocenters. The molecule has 6 heteroatoms. The zero-order valence-corrected chi connectivity index (χ0v) is 9.72. The summed E-state index contributed by atoms with van der Waals surface area (Å²) in [6, 6.07) is 5.59. The lowest BCUT2D eigenvalue weighted by molar-refractivity contribution is 0.431. The smallest absolute Gasteiger partial charge is 0.261 e. The van der Waals surface area contributed by atoms with Gasteiger partial charge in [0, 0.05) is 18.6 Å². The van der Waals surface area contributed by atoms with Gasteiger partial charge in [-0.1, -0.05) is 5.16 Å². The first-order chi connectivity index (χ1) is 9.42. The first-order valence-corrected chi connectivity index (χ1v) is 5.70. The molecule has 0 aliphatic rings. The van der Waals surface area contributed by atoms with E-state index >= 15 is 0 Å². The highest BCUT2D eigenvalue weighted by molar-refractivity contribution is 5.73. The molecule has 0 aromatic carbocycles. The Labute approximate surface area is 107 Å². The Morgan fingerprint density at radius 1 is 1.16 bits per heavy atom. The second-order valence-electron chi connectivity index (χ2n) is 4.02. The minimum atomic E-state index is 0.428. The van der Waals surface area contributed by atoms with Gasteiger partial charge in [-0.15, -0.1) is 0 Å². The van der Waals surface area contributed by atoms with Crippen molar-refractivity contribution in [3.8, 4) is 22.8 Å². The number of furan rings is 1. The van der Waals surface area contributed by atoms with Crippen LogP contribution in [0.5, 0.6) is 0 Å². The van der Waals surface area contributed by atoms with Gasteiger partial charge in [-0.3, -0.25) is 0 Å². The highest BCUT2D eigenvalue weighted by Crippen LogP contribution is 2.24. The summed E-state index contributed by atoms with van der Waals surface area (Å²) in [6.07, 6.45) is 8.65. The quantitative estimate of drug-likeness (QED) is 0.548. The maximum atomic E-state index is 5.23. The fourth-order valence-electron chi connectivity index (χ4n) is 1.96. The largest absolute Gasteiger partial charge is 0.472 e. The summed E-state index contributed by atoms with van der Waals surface area (Å²) < 4.78 is 12.1. The minimum absolute atomic E-state index is 0.428. The molecular weight excluding hydrogens is 244 g/mol. The molecular formula is C13H8N4O2. The SMILES string of the molecule is c1cc(-c2noc(-c3ccoc3)n2)c2nccn2c1. The number of rotatable bonds is 2. The van der Waals surface area contributed by atoms with E-state index in [2.05, 4.69) is 15.1 Å². The zero-order valence-electron chi connectivity index (χ0n) is 9.72. The van der Waals surface area contributed by atoms with Crippen LogP contribution in [-0.4, -0.2) is 19.5 Å². The summed E-state index contributed by atoms with van der Waals surface area (Å²) in [4.78, 5) is 8.65. The van der Waals surface area contributed by atoms with Crippen molar-refractivity contribution in [2.24, 2.45) is 0 Å². The Morgan fingerprint density at radius 2 is 2.16 bits per heavy atom. The number of pyridine rings is 1. The molecule has 0 saturated heterocycles. The van der Waals surface area contributed by atoms with Crippen LogP contribution in [0.25, 0.3) is 28.5 Å². The van der Waals surface area contributed by atoms with Gasteiger partial charge in [-0.2, -0.15) is 4.98 Å². The molecule has 0 aliphatic heterocycles. The number of hydrogen-bond donors (Lipinski definition) is 0. The summed E-state index contributed by atoms with van der Waals surface area (Å²) in [5.74, 6) is 0.935. The summed E-state index contributed by atoms with van der Waals surface area (Å²) in [7, 11) is 0. The van der Waals surface area contributed by atoms with Crippen LogP contribution in [0, 0.1) is 0 Å². The number of fused-ring (bicyclic) bond motifs is 1. The molecule has 0 N–H and O–H groups in total. The van der Waals surface area contributed by atoms with E-state index in [4.69, 9.17) is 8.94 Å². The number of aromatic nitrogens is 4. The van der Waals surface area contributed by atoms with E-state index in [1.54, 1.807) is 24.8 Å². The third-order valence-electron chi connectivity index (χ3n) is 2.85. The molecule has 4 aromatic heterocycles. The van der Waals surface area contributed by atoms with Gasteiger partial charge in [0.15, 0.2) is 0 Å². The minimum Gasteiger partial charge on any atom is -0.472 e. The maximum absolute atomic E-state index is 5.23. The summed E-state index contributed by atoms with van der Waals surface area (Å²) in [6.45, 7) is 0. The van der Waals surface area contributed by atoms with Gasteiger partial charge < -0.3 is 13.3 Å². The molecule has 0 spiro atoms. The third kappa shape index (κ3) is 1.54. The number of imidazole rings is 1. The molecule has 6 nitrogen and oxygen atoms in total. The van der Waals surface area contributed by atoms with Gasteiger partial charge >= 0.3 is 0 Å². The Bertz CT molecular complexity index is 829. The van der Waals surface area contributed by atoms with Crippen molar-refractivity contribution in [1.29, 1.82) is 0 Å². The molecule has 4 rings (SSSR count). The van der Waals surface area contributed by atoms with E-state index in [1.165, 1.54) is 0 Å². The lowest BCUT2D eigenvalue weighted by Crippen LogP contribution is -1.88. The fraction of sp³-hybridized carbons (Fsp3) is 0. The first kappa shape index (κ1) is 10.1. The van der Waals surface area contributed by atoms with Crippen molar-refractivity contribution >= 4 is 5.65 Å². The standard InChI is InChI=1S/C13H8N4O2/c1-2-10(12-14-4-6-17(12)5-1)11-15-13(19-16-11)9-3-7-18-8-9/h1-8H. The maximum Gasteiger partial charge on any atom is 0.261 e. The van der Waals surface area contributed by atoms with Crippen LogP contribution in [0.4, 0.5) is 0 Å². The van der Waals surface area contributed by atoms with Crippen molar-refractivity contribution in [3.63, 3.8) is 0 Å². The first-order valence-electron chi connectivity index (χ1n) is 5.70. The molecule has 4 heterocycles. The number of nitrogens with zero attached hydrogens (tertiary/aromatic N) is 4. The van der Waals surface area contributed by atoms with Gasteiger partial charge in [0.25, 0.3) is 5.89 Å². The van der Waals surface area contributed by atoms with Crippen LogP contribution in [0.1, 0.15) is 0 Å². The second kappa shape index (κ2) is 3.81. The molecule has 0 aliphatic carbocycles. The number of hydrogen-bond acceptors (Lipinski definition) is 5. The lowest BCUT2D eigenvalue weighted by atomic mass is 10.2. The average Bonchev–Trinajstić information content (AvgIpc) is 3.18. The molecule has 92 valence electrons. The topological polar surface area (TPSA) is 69.4 Å². The van der Waals surface area contributed by atoms with Crippen LogP contribution >= 0.6 is 0 Å². The predicted molar refractivity (Wildman–Crippen MR) is 66.2 cm³/mol. The fourth-order valence-corrected chi connectivity index (χ4v) is 1.96. The monoisotopic (exact) mass is 252 g/mol. The van der Waals surface area contributed by atoms with Crippen LogP contribution in [0.15, 0.2) is 58.3 Å². The van der Waals surface area contributed by atoms with Gasteiger partial charge in [0.2, 0.25) is 5.82 Å². The van der Waals surface area contributed by atoms with E-state index in [-0.39, 0.29) is 0 Å². The third-order valence-corrected chi connectivity index (χ3v) is 2.85. The van der Waals surface area contributed by atoms with Crippen LogP contribution in [0.3, 0.4) is 0 Å². The van der Waals surface area contributed by atoms with Crippen molar-refractivity contribution in [2.45, 2.75) is 0 Å². The Kier molecular flexibility index (Phi) is 2.02. The molecule has 0 bridgehead atoms. The summed E-state index contributed by atoms with van der Waals surface area (Å²) in [5, 5.41) is 3.99. The summed E-state index contributed by atoms with van der Waals surface area (Å²) >= 11 is 0. The summed E-state index contributed by atoms with van der Waals surface area (Å²) in [5.41, 5.74) is 2.38. The van der Waals surface area contributed by atoms with E-state index in [1.807, 2.05) is 28.9 Å². The van der Waals surface area contributed by atoms with Crippen molar-refractivity contribution in [2.75, 3.05) is 0 Å². The Hall–Kier alpha value is -2.89. The predicted octanol–water partition coefficient (Wildman–Crippen LogP) is 2.64. The average molecular weight is 252 g/mol. The van der Waals surface area contributed by atoms with Gasteiger partial charge in [-0.05, 0) is 18.2 Å². The zero-order chi connectivity index (χ0) is 12.7. The molecule has 0 saturated carbocycles. The van der Waals surface area contributed by atoms with Gasteiger partial charge in [0.05, 0.1) is 17.4 Å². The van der Waals surface area contributed by atoms with Gasteiger partial charge in [0.1, 0.15) is 11.9 Å². The van der Waals surface area contributed by atoms with E-state index < -0.39 is 0 Å². The van der Waals surface area contributed by atoms with Crippen molar-refractivity contribution in [3.05, 3.63) is 49.3 Å².